The summed E-state index contributed by atoms with van der Waals surface area (Å²) in [5.41, 5.74) is 2.09. The summed E-state index contributed by atoms with van der Waals surface area (Å²) in [6, 6.07) is 7.76. The Balaban J connectivity index is 2.43. The predicted octanol–water partition coefficient (Wildman–Crippen LogP) is 1.61. The number of hydrogen-bond acceptors (Lipinski definition) is 3. The predicted molar refractivity (Wildman–Crippen MR) is 76.3 cm³/mol. The van der Waals surface area contributed by atoms with Crippen LogP contribution in [0.15, 0.2) is 30.3 Å². The quantitative estimate of drug-likeness (QED) is 0.742. The van der Waals surface area contributed by atoms with Crippen molar-refractivity contribution in [3.05, 3.63) is 41.5 Å². The van der Waals surface area contributed by atoms with Crippen molar-refractivity contribution < 1.29 is 19.4 Å². The molecule has 0 saturated heterocycles. The minimum atomic E-state index is -0.957. The molecule has 0 aliphatic heterocycles. The number of aryl methyl sites for hydroxylation is 1. The number of carbonyl (C=O) groups excluding carboxylic acids is 1. The number of carbonyl (C=O) groups is 2. The molecule has 0 aliphatic carbocycles. The topological polar surface area (TPSA) is 75.6 Å². The normalized spacial score (nSPS) is 12.3. The van der Waals surface area contributed by atoms with Crippen molar-refractivity contribution >= 4 is 18.0 Å². The number of amides is 1. The van der Waals surface area contributed by atoms with Crippen LogP contribution >= 0.6 is 0 Å². The summed E-state index contributed by atoms with van der Waals surface area (Å²) in [4.78, 5) is 22.1. The number of carboxylic acids is 1. The Labute approximate surface area is 118 Å². The van der Waals surface area contributed by atoms with E-state index < -0.39 is 12.1 Å². The maximum Gasteiger partial charge on any atom is 0.306 e. The summed E-state index contributed by atoms with van der Waals surface area (Å²) in [7, 11) is 1.42. The molecule has 5 nitrogen and oxygen atoms in total. The van der Waals surface area contributed by atoms with E-state index in [4.69, 9.17) is 9.84 Å². The lowest BCUT2D eigenvalue weighted by Crippen LogP contribution is -2.33. The van der Waals surface area contributed by atoms with Gasteiger partial charge in [-0.25, -0.2) is 0 Å². The van der Waals surface area contributed by atoms with Gasteiger partial charge in [-0.15, -0.1) is 0 Å². The van der Waals surface area contributed by atoms with E-state index in [2.05, 4.69) is 5.32 Å². The molecule has 1 aromatic carbocycles. The molecule has 0 bridgehead atoms. The van der Waals surface area contributed by atoms with E-state index >= 15 is 0 Å². The van der Waals surface area contributed by atoms with E-state index in [1.54, 1.807) is 6.08 Å². The van der Waals surface area contributed by atoms with Gasteiger partial charge in [0.25, 0.3) is 0 Å². The SMILES string of the molecule is COC(CNC(=O)/C=C/c1ccc(C)cc1)CC(=O)O. The minimum absolute atomic E-state index is 0.140. The van der Waals surface area contributed by atoms with Crippen molar-refractivity contribution in [2.75, 3.05) is 13.7 Å². The van der Waals surface area contributed by atoms with Crippen LogP contribution in [0.2, 0.25) is 0 Å². The molecule has 0 heterocycles. The summed E-state index contributed by atoms with van der Waals surface area (Å²) in [6.45, 7) is 2.16. The Morgan fingerprint density at radius 1 is 1.35 bits per heavy atom. The Morgan fingerprint density at radius 3 is 2.55 bits per heavy atom. The van der Waals surface area contributed by atoms with E-state index in [1.165, 1.54) is 13.2 Å². The molecule has 0 spiro atoms. The molecule has 1 aromatic rings. The lowest BCUT2D eigenvalue weighted by molar-refractivity contribution is -0.140. The molecule has 5 heteroatoms. The Morgan fingerprint density at radius 2 is 2.00 bits per heavy atom. The second-order valence-electron chi connectivity index (χ2n) is 4.44. The first-order chi connectivity index (χ1) is 9.51. The average molecular weight is 277 g/mol. The van der Waals surface area contributed by atoms with Gasteiger partial charge in [0.05, 0.1) is 12.5 Å². The first-order valence-corrected chi connectivity index (χ1v) is 6.28. The fraction of sp³-hybridized carbons (Fsp3) is 0.333. The first kappa shape index (κ1) is 15.9. The Kier molecular flexibility index (Phi) is 6.46. The molecular weight excluding hydrogens is 258 g/mol. The molecule has 1 atom stereocenters. The molecule has 0 aromatic heterocycles. The number of rotatable bonds is 7. The molecule has 1 amide bonds. The van der Waals surface area contributed by atoms with E-state index in [0.717, 1.165) is 11.1 Å². The monoisotopic (exact) mass is 277 g/mol. The van der Waals surface area contributed by atoms with Gasteiger partial charge in [-0.3, -0.25) is 9.59 Å². The van der Waals surface area contributed by atoms with Gasteiger partial charge in [0, 0.05) is 19.7 Å². The van der Waals surface area contributed by atoms with Gasteiger partial charge in [0.15, 0.2) is 0 Å². The third kappa shape index (κ3) is 6.15. The van der Waals surface area contributed by atoms with Crippen LogP contribution < -0.4 is 5.32 Å². The number of ether oxygens (including phenoxy) is 1. The van der Waals surface area contributed by atoms with Gasteiger partial charge in [-0.05, 0) is 18.6 Å². The number of benzene rings is 1. The van der Waals surface area contributed by atoms with Gasteiger partial charge >= 0.3 is 5.97 Å². The number of nitrogens with one attached hydrogen (secondary N) is 1. The summed E-state index contributed by atoms with van der Waals surface area (Å²) in [5, 5.41) is 11.3. The maximum atomic E-state index is 11.6. The summed E-state index contributed by atoms with van der Waals surface area (Å²) in [5.74, 6) is -1.24. The largest absolute Gasteiger partial charge is 0.481 e. The van der Waals surface area contributed by atoms with Crippen LogP contribution in [0, 0.1) is 6.92 Å². The first-order valence-electron chi connectivity index (χ1n) is 6.28. The fourth-order valence-electron chi connectivity index (χ4n) is 1.56. The molecule has 0 aliphatic rings. The lowest BCUT2D eigenvalue weighted by atomic mass is 10.1. The zero-order valence-electron chi connectivity index (χ0n) is 11.6. The van der Waals surface area contributed by atoms with Gasteiger partial charge < -0.3 is 15.2 Å². The molecule has 0 fully saturated rings. The van der Waals surface area contributed by atoms with E-state index in [0.29, 0.717) is 0 Å². The second kappa shape index (κ2) is 8.12. The average Bonchev–Trinajstić information content (AvgIpc) is 2.42. The molecule has 20 heavy (non-hydrogen) atoms. The highest BCUT2D eigenvalue weighted by molar-refractivity contribution is 5.91. The Bertz CT molecular complexity index is 479. The molecular formula is C15H19NO4. The molecule has 1 unspecified atom stereocenters. The fourth-order valence-corrected chi connectivity index (χ4v) is 1.56. The van der Waals surface area contributed by atoms with Gasteiger partial charge in [0.2, 0.25) is 5.91 Å². The van der Waals surface area contributed by atoms with Gasteiger partial charge in [-0.2, -0.15) is 0 Å². The summed E-state index contributed by atoms with van der Waals surface area (Å²) < 4.78 is 4.97. The van der Waals surface area contributed by atoms with Crippen molar-refractivity contribution in [3.8, 4) is 0 Å². The van der Waals surface area contributed by atoms with E-state index in [-0.39, 0.29) is 18.9 Å². The van der Waals surface area contributed by atoms with Crippen LogP contribution in [0.5, 0.6) is 0 Å². The van der Waals surface area contributed by atoms with Crippen molar-refractivity contribution in [2.24, 2.45) is 0 Å². The molecule has 2 N–H and O–H groups in total. The van der Waals surface area contributed by atoms with Crippen LogP contribution in [0.1, 0.15) is 17.5 Å². The zero-order valence-corrected chi connectivity index (χ0v) is 11.6. The zero-order chi connectivity index (χ0) is 15.0. The number of hydrogen-bond donors (Lipinski definition) is 2. The summed E-state index contributed by atoms with van der Waals surface area (Å²) >= 11 is 0. The number of carboxylic acid groups (broad SMARTS) is 1. The molecule has 0 radical (unpaired) electrons. The highest BCUT2D eigenvalue weighted by Crippen LogP contribution is 2.04. The van der Waals surface area contributed by atoms with Crippen LogP contribution in [0.25, 0.3) is 6.08 Å². The summed E-state index contributed by atoms with van der Waals surface area (Å²) in [6.07, 6.45) is 2.45. The van der Waals surface area contributed by atoms with Crippen molar-refractivity contribution in [2.45, 2.75) is 19.4 Å². The number of methoxy groups -OCH3 is 1. The van der Waals surface area contributed by atoms with E-state index in [9.17, 15) is 9.59 Å². The third-order valence-electron chi connectivity index (χ3n) is 2.74. The van der Waals surface area contributed by atoms with Crippen LogP contribution in [0.3, 0.4) is 0 Å². The third-order valence-corrected chi connectivity index (χ3v) is 2.74. The highest BCUT2D eigenvalue weighted by atomic mass is 16.5. The molecule has 0 saturated carbocycles. The maximum absolute atomic E-state index is 11.6. The van der Waals surface area contributed by atoms with Crippen molar-refractivity contribution in [3.63, 3.8) is 0 Å². The smallest absolute Gasteiger partial charge is 0.306 e. The van der Waals surface area contributed by atoms with Crippen molar-refractivity contribution in [1.82, 2.24) is 5.32 Å². The molecule has 108 valence electrons. The van der Waals surface area contributed by atoms with Crippen LogP contribution in [0.4, 0.5) is 0 Å². The minimum Gasteiger partial charge on any atom is -0.481 e. The van der Waals surface area contributed by atoms with Crippen molar-refractivity contribution in [1.29, 1.82) is 0 Å². The second-order valence-corrected chi connectivity index (χ2v) is 4.44. The highest BCUT2D eigenvalue weighted by Gasteiger charge is 2.12. The van der Waals surface area contributed by atoms with E-state index in [1.807, 2.05) is 31.2 Å². The number of aliphatic carboxylic acids is 1. The van der Waals surface area contributed by atoms with Gasteiger partial charge in [0.1, 0.15) is 0 Å². The van der Waals surface area contributed by atoms with Crippen LogP contribution in [-0.2, 0) is 14.3 Å². The van der Waals surface area contributed by atoms with Gasteiger partial charge in [-0.1, -0.05) is 29.8 Å². The lowest BCUT2D eigenvalue weighted by Gasteiger charge is -2.12. The van der Waals surface area contributed by atoms with Crippen LogP contribution in [-0.4, -0.2) is 36.7 Å². The standard InChI is InChI=1S/C15H19NO4/c1-11-3-5-12(6-4-11)7-8-14(17)16-10-13(20-2)9-15(18)19/h3-8,13H,9-10H2,1-2H3,(H,16,17)(H,18,19)/b8-7+. The Hall–Kier alpha value is -2.14. The molecule has 1 rings (SSSR count).